The lowest BCUT2D eigenvalue weighted by Crippen LogP contribution is -2.39. The number of hydrogen-bond acceptors (Lipinski definition) is 4. The van der Waals surface area contributed by atoms with E-state index in [0.717, 1.165) is 31.7 Å². The fourth-order valence-electron chi connectivity index (χ4n) is 1.63. The topological polar surface area (TPSA) is 48.1 Å². The second-order valence-corrected chi connectivity index (χ2v) is 4.19. The maximum Gasteiger partial charge on any atom is 0.0794 e. The summed E-state index contributed by atoms with van der Waals surface area (Å²) in [6.07, 6.45) is 1.94. The van der Waals surface area contributed by atoms with Crippen LogP contribution >= 0.6 is 11.3 Å². The van der Waals surface area contributed by atoms with Crippen molar-refractivity contribution in [3.63, 3.8) is 0 Å². The molecule has 0 saturated carbocycles. The Kier molecular flexibility index (Phi) is 2.93. The highest BCUT2D eigenvalue weighted by Crippen LogP contribution is 2.17. The summed E-state index contributed by atoms with van der Waals surface area (Å²) < 4.78 is 5.40. The molecule has 2 N–H and O–H groups in total. The van der Waals surface area contributed by atoms with E-state index in [1.54, 1.807) is 11.3 Å². The van der Waals surface area contributed by atoms with Gasteiger partial charge in [0.05, 0.1) is 17.8 Å². The lowest BCUT2D eigenvalue weighted by atomic mass is 9.92. The van der Waals surface area contributed by atoms with Crippen molar-refractivity contribution in [3.8, 4) is 0 Å². The average Bonchev–Trinajstić information content (AvgIpc) is 2.61. The third-order valence-electron chi connectivity index (χ3n) is 2.49. The largest absolute Gasteiger partial charge is 0.381 e. The molecule has 3 nitrogen and oxygen atoms in total. The van der Waals surface area contributed by atoms with E-state index in [0.29, 0.717) is 5.92 Å². The molecule has 1 fully saturated rings. The second-order valence-electron chi connectivity index (χ2n) is 3.47. The van der Waals surface area contributed by atoms with Gasteiger partial charge >= 0.3 is 0 Å². The molecule has 1 aliphatic rings. The summed E-state index contributed by atoms with van der Waals surface area (Å²) in [5.41, 5.74) is 9.01. The zero-order valence-electron chi connectivity index (χ0n) is 7.48. The van der Waals surface area contributed by atoms with Crippen LogP contribution in [0.4, 0.5) is 0 Å². The average molecular weight is 198 g/mol. The molecule has 2 heterocycles. The Morgan fingerprint density at radius 2 is 2.62 bits per heavy atom. The maximum atomic E-state index is 5.99. The first-order chi connectivity index (χ1) is 6.36. The summed E-state index contributed by atoms with van der Waals surface area (Å²) in [5, 5.41) is 2.08. The van der Waals surface area contributed by atoms with Gasteiger partial charge in [-0.1, -0.05) is 0 Å². The minimum Gasteiger partial charge on any atom is -0.381 e. The van der Waals surface area contributed by atoms with E-state index in [1.165, 1.54) is 0 Å². The third kappa shape index (κ3) is 2.27. The Bertz CT molecular complexity index is 250. The molecule has 0 aliphatic carbocycles. The molecule has 0 spiro atoms. The first kappa shape index (κ1) is 9.12. The Morgan fingerprint density at radius 3 is 3.31 bits per heavy atom. The number of nitrogens with zero attached hydrogens (tertiary/aromatic N) is 1. The molecule has 2 rings (SSSR count). The molecular formula is C9H14N2OS. The van der Waals surface area contributed by atoms with E-state index in [2.05, 4.69) is 10.4 Å². The number of aromatic nitrogens is 1. The van der Waals surface area contributed by atoms with Crippen molar-refractivity contribution in [2.24, 2.45) is 11.7 Å². The number of hydrogen-bond donors (Lipinski definition) is 1. The third-order valence-corrected chi connectivity index (χ3v) is 3.12. The zero-order valence-corrected chi connectivity index (χ0v) is 8.30. The molecule has 2 atom stereocenters. The van der Waals surface area contributed by atoms with Crippen LogP contribution in [0.1, 0.15) is 12.1 Å². The summed E-state index contributed by atoms with van der Waals surface area (Å²) in [5.74, 6) is 0.454. The van der Waals surface area contributed by atoms with Gasteiger partial charge in [0.1, 0.15) is 0 Å². The fourth-order valence-corrected chi connectivity index (χ4v) is 2.20. The fraction of sp³-hybridized carbons (Fsp3) is 0.667. The Balaban J connectivity index is 1.93. The van der Waals surface area contributed by atoms with Crippen molar-refractivity contribution in [1.29, 1.82) is 0 Å². The molecule has 0 amide bonds. The molecule has 1 aliphatic heterocycles. The van der Waals surface area contributed by atoms with E-state index in [-0.39, 0.29) is 6.04 Å². The number of thiazole rings is 1. The highest BCUT2D eigenvalue weighted by atomic mass is 32.1. The molecule has 1 aromatic heterocycles. The quantitative estimate of drug-likeness (QED) is 0.772. The summed E-state index contributed by atoms with van der Waals surface area (Å²) in [4.78, 5) is 4.25. The normalized spacial score (nSPS) is 29.0. The first-order valence-corrected chi connectivity index (χ1v) is 5.51. The number of nitrogens with two attached hydrogens (primary N) is 1. The van der Waals surface area contributed by atoms with Crippen molar-refractivity contribution >= 4 is 11.3 Å². The van der Waals surface area contributed by atoms with E-state index in [1.807, 2.05) is 5.51 Å². The van der Waals surface area contributed by atoms with Gasteiger partial charge in [-0.3, -0.25) is 0 Å². The van der Waals surface area contributed by atoms with Crippen LogP contribution in [-0.4, -0.2) is 24.2 Å². The predicted octanol–water partition coefficient (Wildman–Crippen LogP) is 1.05. The van der Waals surface area contributed by atoms with Gasteiger partial charge < -0.3 is 10.5 Å². The molecule has 2 unspecified atom stereocenters. The lowest BCUT2D eigenvalue weighted by Gasteiger charge is -2.27. The minimum atomic E-state index is 0.287. The molecule has 0 bridgehead atoms. The van der Waals surface area contributed by atoms with Gasteiger partial charge in [0, 0.05) is 23.9 Å². The molecule has 1 saturated heterocycles. The highest BCUT2D eigenvalue weighted by molar-refractivity contribution is 7.07. The van der Waals surface area contributed by atoms with Crippen molar-refractivity contribution in [3.05, 3.63) is 16.6 Å². The zero-order chi connectivity index (χ0) is 9.10. The van der Waals surface area contributed by atoms with E-state index < -0.39 is 0 Å². The maximum absolute atomic E-state index is 5.99. The second kappa shape index (κ2) is 4.17. The van der Waals surface area contributed by atoms with E-state index in [9.17, 15) is 0 Å². The predicted molar refractivity (Wildman–Crippen MR) is 52.7 cm³/mol. The molecular weight excluding hydrogens is 184 g/mol. The molecule has 0 radical (unpaired) electrons. The molecule has 72 valence electrons. The van der Waals surface area contributed by atoms with Gasteiger partial charge in [0.25, 0.3) is 0 Å². The summed E-state index contributed by atoms with van der Waals surface area (Å²) in [6.45, 7) is 1.60. The minimum absolute atomic E-state index is 0.287. The SMILES string of the molecule is NC1CCOCC1Cc1cscn1. The first-order valence-electron chi connectivity index (χ1n) is 4.56. The number of rotatable bonds is 2. The van der Waals surface area contributed by atoms with Crippen molar-refractivity contribution in [2.45, 2.75) is 18.9 Å². The molecule has 4 heteroatoms. The van der Waals surface area contributed by atoms with Gasteiger partial charge in [0.2, 0.25) is 0 Å². The van der Waals surface area contributed by atoms with Crippen molar-refractivity contribution in [1.82, 2.24) is 4.98 Å². The Hall–Kier alpha value is -0.450. The van der Waals surface area contributed by atoms with E-state index in [4.69, 9.17) is 10.5 Å². The van der Waals surface area contributed by atoms with Gasteiger partial charge in [-0.15, -0.1) is 11.3 Å². The molecule has 13 heavy (non-hydrogen) atoms. The van der Waals surface area contributed by atoms with Crippen LogP contribution in [0.25, 0.3) is 0 Å². The van der Waals surface area contributed by atoms with Gasteiger partial charge in [0.15, 0.2) is 0 Å². The van der Waals surface area contributed by atoms with Crippen LogP contribution in [0, 0.1) is 5.92 Å². The smallest absolute Gasteiger partial charge is 0.0794 e. The lowest BCUT2D eigenvalue weighted by molar-refractivity contribution is 0.0419. The molecule has 0 aromatic carbocycles. The van der Waals surface area contributed by atoms with Crippen LogP contribution in [-0.2, 0) is 11.2 Å². The van der Waals surface area contributed by atoms with Crippen LogP contribution in [0.15, 0.2) is 10.9 Å². The van der Waals surface area contributed by atoms with Crippen LogP contribution in [0.5, 0.6) is 0 Å². The van der Waals surface area contributed by atoms with Gasteiger partial charge in [-0.05, 0) is 12.8 Å². The summed E-state index contributed by atoms with van der Waals surface area (Å²) in [6, 6.07) is 0.287. The van der Waals surface area contributed by atoms with Crippen molar-refractivity contribution < 1.29 is 4.74 Å². The van der Waals surface area contributed by atoms with Gasteiger partial charge in [-0.25, -0.2) is 4.98 Å². The van der Waals surface area contributed by atoms with Crippen LogP contribution in [0.3, 0.4) is 0 Å². The summed E-state index contributed by atoms with van der Waals surface area (Å²) >= 11 is 1.64. The number of ether oxygens (including phenoxy) is 1. The van der Waals surface area contributed by atoms with Gasteiger partial charge in [-0.2, -0.15) is 0 Å². The molecule has 1 aromatic rings. The standard InChI is InChI=1S/C9H14N2OS/c10-9-1-2-12-4-7(9)3-8-5-13-6-11-8/h5-7,9H,1-4,10H2. The Labute approximate surface area is 81.9 Å². The van der Waals surface area contributed by atoms with Crippen LogP contribution in [0.2, 0.25) is 0 Å². The van der Waals surface area contributed by atoms with Crippen LogP contribution < -0.4 is 5.73 Å². The Morgan fingerprint density at radius 1 is 1.69 bits per heavy atom. The summed E-state index contributed by atoms with van der Waals surface area (Å²) in [7, 11) is 0. The van der Waals surface area contributed by atoms with Crippen molar-refractivity contribution in [2.75, 3.05) is 13.2 Å². The van der Waals surface area contributed by atoms with E-state index >= 15 is 0 Å². The highest BCUT2D eigenvalue weighted by Gasteiger charge is 2.22. The monoisotopic (exact) mass is 198 g/mol.